The highest BCUT2D eigenvalue weighted by Gasteiger charge is 2.50. The molecule has 0 spiro atoms. The van der Waals surface area contributed by atoms with E-state index >= 15 is 0 Å². The standard InChI is InChI=1S/C32H35NO5/c1-20(2)14-26(18-34)33-31(36)24-8-6-23(7-9-24)27-15-22(5-4-21(27)3)16-30(35)32(12-13-32)25-10-11-28-29(17-25)38-19-37-28/h4-11,15,17,20,26,34H,12-14,16,18-19H2,1-3H3,(H,33,36)/t26-/m0/s1. The third-order valence-corrected chi connectivity index (χ3v) is 7.65. The SMILES string of the molecule is Cc1ccc(CC(=O)C2(c3ccc4c(c3)OCO4)CC2)cc1-c1ccc(C(=O)N[C@H](CO)CC(C)C)cc1. The van der Waals surface area contributed by atoms with Gasteiger partial charge < -0.3 is 19.9 Å². The van der Waals surface area contributed by atoms with Crippen molar-refractivity contribution in [2.45, 2.75) is 57.9 Å². The van der Waals surface area contributed by atoms with Crippen LogP contribution in [0.2, 0.25) is 0 Å². The maximum atomic E-state index is 13.5. The van der Waals surface area contributed by atoms with Gasteiger partial charge in [-0.1, -0.05) is 50.2 Å². The molecule has 3 aromatic rings. The zero-order chi connectivity index (χ0) is 26.9. The summed E-state index contributed by atoms with van der Waals surface area (Å²) in [4.78, 5) is 26.2. The predicted molar refractivity (Wildman–Crippen MR) is 147 cm³/mol. The number of hydrogen-bond acceptors (Lipinski definition) is 5. The average Bonchev–Trinajstić information content (AvgIpc) is 3.59. The fourth-order valence-corrected chi connectivity index (χ4v) is 5.31. The lowest BCUT2D eigenvalue weighted by molar-refractivity contribution is -0.120. The molecule has 6 nitrogen and oxygen atoms in total. The Kier molecular flexibility index (Phi) is 7.26. The summed E-state index contributed by atoms with van der Waals surface area (Å²) >= 11 is 0. The highest BCUT2D eigenvalue weighted by molar-refractivity contribution is 5.96. The lowest BCUT2D eigenvalue weighted by atomic mass is 9.87. The number of ketones is 1. The Morgan fingerprint density at radius 3 is 2.39 bits per heavy atom. The van der Waals surface area contributed by atoms with Crippen molar-refractivity contribution in [3.8, 4) is 22.6 Å². The summed E-state index contributed by atoms with van der Waals surface area (Å²) in [5, 5.41) is 12.5. The van der Waals surface area contributed by atoms with E-state index in [0.29, 0.717) is 23.7 Å². The molecular formula is C32H35NO5. The van der Waals surface area contributed by atoms with Crippen molar-refractivity contribution in [2.75, 3.05) is 13.4 Å². The minimum absolute atomic E-state index is 0.0807. The summed E-state index contributed by atoms with van der Waals surface area (Å²) in [6.45, 7) is 6.32. The molecule has 5 rings (SSSR count). The molecule has 0 unspecified atom stereocenters. The third kappa shape index (κ3) is 5.32. The lowest BCUT2D eigenvalue weighted by Gasteiger charge is -2.18. The van der Waals surface area contributed by atoms with Crippen molar-refractivity contribution in [1.29, 1.82) is 0 Å². The van der Waals surface area contributed by atoms with Crippen molar-refractivity contribution in [3.63, 3.8) is 0 Å². The molecule has 1 saturated carbocycles. The van der Waals surface area contributed by atoms with Crippen molar-refractivity contribution in [3.05, 3.63) is 82.9 Å². The fraction of sp³-hybridized carbons (Fsp3) is 0.375. The van der Waals surface area contributed by atoms with Crippen LogP contribution < -0.4 is 14.8 Å². The molecule has 198 valence electrons. The van der Waals surface area contributed by atoms with Crippen molar-refractivity contribution in [1.82, 2.24) is 5.32 Å². The smallest absolute Gasteiger partial charge is 0.251 e. The lowest BCUT2D eigenvalue weighted by Crippen LogP contribution is -2.38. The number of fused-ring (bicyclic) bond motifs is 1. The predicted octanol–water partition coefficient (Wildman–Crippen LogP) is 5.37. The van der Waals surface area contributed by atoms with Gasteiger partial charge in [0.25, 0.3) is 5.91 Å². The number of hydrogen-bond donors (Lipinski definition) is 2. The number of aryl methyl sites for hydroxylation is 1. The maximum absolute atomic E-state index is 13.5. The highest BCUT2D eigenvalue weighted by atomic mass is 16.7. The Balaban J connectivity index is 1.30. The molecule has 2 aliphatic rings. The zero-order valence-electron chi connectivity index (χ0n) is 22.3. The van der Waals surface area contributed by atoms with Gasteiger partial charge in [0, 0.05) is 12.0 Å². The number of ether oxygens (including phenoxy) is 2. The van der Waals surface area contributed by atoms with Crippen LogP contribution in [0.15, 0.2) is 60.7 Å². The second-order valence-corrected chi connectivity index (χ2v) is 11.0. The molecular weight excluding hydrogens is 478 g/mol. The molecule has 0 aromatic heterocycles. The monoisotopic (exact) mass is 513 g/mol. The van der Waals surface area contributed by atoms with E-state index in [2.05, 4.69) is 31.3 Å². The van der Waals surface area contributed by atoms with Crippen molar-refractivity contribution in [2.24, 2.45) is 5.92 Å². The van der Waals surface area contributed by atoms with E-state index in [1.165, 1.54) is 0 Å². The zero-order valence-corrected chi connectivity index (χ0v) is 22.3. The van der Waals surface area contributed by atoms with Crippen molar-refractivity contribution >= 4 is 11.7 Å². The van der Waals surface area contributed by atoms with Crippen LogP contribution in [0.3, 0.4) is 0 Å². The fourth-order valence-electron chi connectivity index (χ4n) is 5.31. The molecule has 3 aromatic carbocycles. The molecule has 1 aliphatic heterocycles. The van der Waals surface area contributed by atoms with Crippen LogP contribution in [-0.4, -0.2) is 36.2 Å². The maximum Gasteiger partial charge on any atom is 0.251 e. The summed E-state index contributed by atoms with van der Waals surface area (Å²) in [7, 11) is 0. The number of nitrogens with one attached hydrogen (secondary N) is 1. The highest BCUT2D eigenvalue weighted by Crippen LogP contribution is 2.51. The molecule has 1 fully saturated rings. The van der Waals surface area contributed by atoms with E-state index < -0.39 is 5.41 Å². The molecule has 38 heavy (non-hydrogen) atoms. The summed E-state index contributed by atoms with van der Waals surface area (Å²) in [6, 6.07) is 19.2. The van der Waals surface area contributed by atoms with Gasteiger partial charge >= 0.3 is 0 Å². The third-order valence-electron chi connectivity index (χ3n) is 7.65. The number of Topliss-reactive ketones (excluding diaryl/α,β-unsaturated/α-hetero) is 1. The van der Waals surface area contributed by atoms with Gasteiger partial charge in [0.2, 0.25) is 6.79 Å². The normalized spacial score (nSPS) is 15.8. The molecule has 1 aliphatic carbocycles. The molecule has 1 amide bonds. The number of rotatable bonds is 10. The molecule has 0 radical (unpaired) electrons. The number of benzene rings is 3. The number of carbonyl (C=O) groups excluding carboxylic acids is 2. The van der Waals surface area contributed by atoms with E-state index in [1.807, 2.05) is 55.5 Å². The molecule has 6 heteroatoms. The number of amides is 1. The Hall–Kier alpha value is -3.64. The Labute approximate surface area is 224 Å². The summed E-state index contributed by atoms with van der Waals surface area (Å²) in [5.74, 6) is 1.85. The van der Waals surface area contributed by atoms with Crippen LogP contribution in [-0.2, 0) is 16.6 Å². The van der Waals surface area contributed by atoms with Crippen LogP contribution in [0, 0.1) is 12.8 Å². The average molecular weight is 514 g/mol. The largest absolute Gasteiger partial charge is 0.454 e. The van der Waals surface area contributed by atoms with E-state index in [-0.39, 0.29) is 31.1 Å². The van der Waals surface area contributed by atoms with Crippen LogP contribution in [0.25, 0.3) is 11.1 Å². The molecule has 1 atom stereocenters. The van der Waals surface area contributed by atoms with Gasteiger partial charge in [-0.15, -0.1) is 0 Å². The number of carbonyl (C=O) groups is 2. The Bertz CT molecular complexity index is 1340. The topological polar surface area (TPSA) is 84.9 Å². The molecule has 1 heterocycles. The Morgan fingerprint density at radius 2 is 1.71 bits per heavy atom. The first-order valence-electron chi connectivity index (χ1n) is 13.3. The minimum atomic E-state index is -0.441. The second-order valence-electron chi connectivity index (χ2n) is 11.0. The van der Waals surface area contributed by atoms with Gasteiger partial charge in [-0.05, 0) is 84.2 Å². The molecule has 0 saturated heterocycles. The first-order valence-corrected chi connectivity index (χ1v) is 13.3. The number of aliphatic hydroxyl groups is 1. The van der Waals surface area contributed by atoms with Crippen LogP contribution in [0.1, 0.15) is 60.2 Å². The molecule has 0 bridgehead atoms. The van der Waals surface area contributed by atoms with E-state index in [4.69, 9.17) is 9.47 Å². The van der Waals surface area contributed by atoms with Gasteiger partial charge in [0.05, 0.1) is 18.1 Å². The molecule has 2 N–H and O–H groups in total. The van der Waals surface area contributed by atoms with Crippen LogP contribution in [0.5, 0.6) is 11.5 Å². The van der Waals surface area contributed by atoms with Crippen LogP contribution in [0.4, 0.5) is 0 Å². The van der Waals surface area contributed by atoms with E-state index in [1.54, 1.807) is 0 Å². The first kappa shape index (κ1) is 26.0. The quantitative estimate of drug-likeness (QED) is 0.381. The second kappa shape index (κ2) is 10.6. The first-order chi connectivity index (χ1) is 18.3. The minimum Gasteiger partial charge on any atom is -0.454 e. The van der Waals surface area contributed by atoms with Gasteiger partial charge in [0.1, 0.15) is 5.78 Å². The Morgan fingerprint density at radius 1 is 0.974 bits per heavy atom. The van der Waals surface area contributed by atoms with Gasteiger partial charge in [-0.3, -0.25) is 9.59 Å². The summed E-state index contributed by atoms with van der Waals surface area (Å²) in [5.41, 5.74) is 5.23. The van der Waals surface area contributed by atoms with Gasteiger partial charge in [-0.2, -0.15) is 0 Å². The number of aliphatic hydroxyl groups excluding tert-OH is 1. The summed E-state index contributed by atoms with van der Waals surface area (Å²) < 4.78 is 11.0. The van der Waals surface area contributed by atoms with E-state index in [0.717, 1.165) is 52.8 Å². The van der Waals surface area contributed by atoms with Crippen molar-refractivity contribution < 1.29 is 24.2 Å². The van der Waals surface area contributed by atoms with Gasteiger partial charge in [0.15, 0.2) is 11.5 Å². The van der Waals surface area contributed by atoms with E-state index in [9.17, 15) is 14.7 Å². The summed E-state index contributed by atoms with van der Waals surface area (Å²) in [6.07, 6.45) is 2.78. The van der Waals surface area contributed by atoms with Crippen LogP contribution >= 0.6 is 0 Å². The van der Waals surface area contributed by atoms with Gasteiger partial charge in [-0.25, -0.2) is 0 Å².